The van der Waals surface area contributed by atoms with Crippen LogP contribution in [-0.4, -0.2) is 76.6 Å². The number of nitrogen functional groups attached to an aromatic ring is 1. The monoisotopic (exact) mass is 684 g/mol. The molecule has 1 aliphatic heterocycles. The third-order valence-electron chi connectivity index (χ3n) is 6.44. The summed E-state index contributed by atoms with van der Waals surface area (Å²) in [5, 5.41) is 7.65. The first kappa shape index (κ1) is 36.6. The van der Waals surface area contributed by atoms with Gasteiger partial charge in [0.2, 0.25) is 5.79 Å². The van der Waals surface area contributed by atoms with Crippen LogP contribution in [-0.2, 0) is 39.0 Å². The Morgan fingerprint density at radius 2 is 1.78 bits per heavy atom. The summed E-state index contributed by atoms with van der Waals surface area (Å²) in [6, 6.07) is 15.1. The number of carbonyl (C=O) groups excluding carboxylic acids is 4. The van der Waals surface area contributed by atoms with Crippen LogP contribution in [0.5, 0.6) is 0 Å². The number of rotatable bonds is 14. The average molecular weight is 685 g/mol. The number of carbonyl (C=O) groups is 4. The topological polar surface area (TPSA) is 243 Å². The average Bonchev–Trinajstić information content (AvgIpc) is 3.42. The van der Waals surface area contributed by atoms with Gasteiger partial charge in [0, 0.05) is 12.3 Å². The second-order valence-electron chi connectivity index (χ2n) is 9.69. The molecular weight excluding hydrogens is 655 g/mol. The van der Waals surface area contributed by atoms with Crippen molar-refractivity contribution in [2.45, 2.75) is 37.3 Å². The van der Waals surface area contributed by atoms with E-state index in [1.165, 1.54) is 12.3 Å². The van der Waals surface area contributed by atoms with Gasteiger partial charge >= 0.3 is 46.0 Å². The van der Waals surface area contributed by atoms with Gasteiger partial charge in [-0.25, -0.2) is 14.1 Å². The Bertz CT molecular complexity index is 1660. The first-order chi connectivity index (χ1) is 21.3. The van der Waals surface area contributed by atoms with E-state index in [4.69, 9.17) is 21.0 Å². The number of nitrogens with one attached hydrogen (secondary N) is 1. The van der Waals surface area contributed by atoms with Gasteiger partial charge < -0.3 is 37.3 Å². The van der Waals surface area contributed by atoms with Crippen molar-refractivity contribution in [2.75, 3.05) is 12.3 Å². The summed E-state index contributed by atoms with van der Waals surface area (Å²) in [5.41, 5.74) is 11.5. The molecule has 1 fully saturated rings. The minimum atomic E-state index is -5.07. The second kappa shape index (κ2) is 15.6. The molecule has 46 heavy (non-hydrogen) atoms. The van der Waals surface area contributed by atoms with Crippen molar-refractivity contribution in [3.63, 3.8) is 0 Å². The van der Waals surface area contributed by atoms with E-state index in [1.54, 1.807) is 0 Å². The molecule has 16 nitrogen and oxygen atoms in total. The molecular formula is C27H29N6NaO10S2. The molecule has 240 valence electrons. The molecule has 1 aliphatic rings. The SMILES string of the molecule is CC(CC=O)(O/N=C(\C(=O)NC1C(=O)N(S(=O)(=O)O)C1COC(N)=O)c1csc(N)n1)OC(c1ccccc1)c1ccccc1.[H-].[Na+]. The normalized spacial score (nSPS) is 17.7. The molecule has 0 spiro atoms. The maximum atomic E-state index is 13.5. The molecule has 0 saturated carbocycles. The van der Waals surface area contributed by atoms with Crippen LogP contribution in [0.1, 0.15) is 37.7 Å². The number of hydrogen-bond acceptors (Lipinski definition) is 13. The number of hydrogen-bond donors (Lipinski definition) is 4. The summed E-state index contributed by atoms with van der Waals surface area (Å²) in [6.07, 6.45) is -1.81. The van der Waals surface area contributed by atoms with Crippen LogP contribution in [0.25, 0.3) is 0 Å². The molecule has 4 rings (SSSR count). The summed E-state index contributed by atoms with van der Waals surface area (Å²) < 4.78 is 43.8. The third-order valence-corrected chi connectivity index (χ3v) is 8.06. The maximum Gasteiger partial charge on any atom is 1.00 e. The number of ether oxygens (including phenoxy) is 2. The van der Waals surface area contributed by atoms with Crippen molar-refractivity contribution in [1.29, 1.82) is 0 Å². The molecule has 3 amide bonds. The van der Waals surface area contributed by atoms with E-state index in [9.17, 15) is 32.1 Å². The number of oxime groups is 1. The number of anilines is 1. The molecule has 6 N–H and O–H groups in total. The molecule has 19 heteroatoms. The smallest absolute Gasteiger partial charge is 1.00 e. The number of amides is 3. The third kappa shape index (κ3) is 8.87. The molecule has 0 aliphatic carbocycles. The van der Waals surface area contributed by atoms with Gasteiger partial charge in [0.25, 0.3) is 11.8 Å². The van der Waals surface area contributed by atoms with Gasteiger partial charge in [0.1, 0.15) is 36.8 Å². The number of β-lactam (4-membered cyclic amide) rings is 1. The van der Waals surface area contributed by atoms with E-state index in [0.29, 0.717) is 6.29 Å². The van der Waals surface area contributed by atoms with Crippen LogP contribution in [0.3, 0.4) is 0 Å². The van der Waals surface area contributed by atoms with Crippen molar-refractivity contribution < 1.29 is 77.4 Å². The molecule has 1 aromatic heterocycles. The minimum Gasteiger partial charge on any atom is -1.00 e. The van der Waals surface area contributed by atoms with E-state index < -0.39 is 64.5 Å². The fourth-order valence-corrected chi connectivity index (χ4v) is 5.75. The Kier molecular flexibility index (Phi) is 12.4. The number of nitrogens with two attached hydrogens (primary N) is 2. The van der Waals surface area contributed by atoms with Gasteiger partial charge in [-0.15, -0.1) is 11.3 Å². The van der Waals surface area contributed by atoms with Crippen LogP contribution in [0.15, 0.2) is 71.2 Å². The Balaban J connectivity index is 0.00000384. The first-order valence-corrected chi connectivity index (χ1v) is 15.3. The second-order valence-corrected chi connectivity index (χ2v) is 11.9. The van der Waals surface area contributed by atoms with E-state index >= 15 is 0 Å². The van der Waals surface area contributed by atoms with Gasteiger partial charge in [-0.3, -0.25) is 14.1 Å². The summed E-state index contributed by atoms with van der Waals surface area (Å²) in [5.74, 6) is -4.07. The summed E-state index contributed by atoms with van der Waals surface area (Å²) >= 11 is 0.958. The van der Waals surface area contributed by atoms with E-state index in [2.05, 4.69) is 20.2 Å². The fraction of sp³-hybridized carbons (Fsp3) is 0.259. The Labute approximate surface area is 290 Å². The quantitative estimate of drug-likeness (QED) is 0.0282. The number of aldehydes is 1. The van der Waals surface area contributed by atoms with E-state index in [0.717, 1.165) is 22.5 Å². The van der Waals surface area contributed by atoms with Gasteiger partial charge in [0.05, 0.1) is 6.42 Å². The predicted molar refractivity (Wildman–Crippen MR) is 160 cm³/mol. The number of nitrogens with zero attached hydrogens (tertiary/aromatic N) is 3. The summed E-state index contributed by atoms with van der Waals surface area (Å²) in [7, 11) is -5.07. The predicted octanol–water partition coefficient (Wildman–Crippen LogP) is -1.73. The van der Waals surface area contributed by atoms with Crippen molar-refractivity contribution in [3.05, 3.63) is 82.9 Å². The number of aromatic nitrogens is 1. The molecule has 2 aromatic carbocycles. The summed E-state index contributed by atoms with van der Waals surface area (Å²) in [6.45, 7) is 0.662. The standard InChI is InChI=1S/C27H28N6O10S2.Na.H/c1-27(12-13-34,42-22(16-8-4-2-5-9-16)17-10-6-3-7-11-17)43-32-20(18-15-44-25(28)30-18)23(35)31-21-19(14-41-26(29)37)33(24(21)36)45(38,39)40;;/h2-11,13,15,19,21-22H,12,14H2,1H3,(H2,28,30)(H2,29,37)(H,31,35)(H,38,39,40);;/q;+1;-1/b32-20-;;. The number of thiazole rings is 1. The number of benzene rings is 2. The fourth-order valence-electron chi connectivity index (χ4n) is 4.34. The van der Waals surface area contributed by atoms with Gasteiger partial charge in [-0.2, -0.15) is 8.42 Å². The Morgan fingerprint density at radius 1 is 1.20 bits per heavy atom. The Hall–Kier alpha value is -3.91. The van der Waals surface area contributed by atoms with Crippen molar-refractivity contribution in [3.8, 4) is 0 Å². The molecule has 2 heterocycles. The van der Waals surface area contributed by atoms with Gasteiger partial charge in [-0.05, 0) is 11.1 Å². The molecule has 0 bridgehead atoms. The number of primary amides is 1. The van der Waals surface area contributed by atoms with Crippen LogP contribution in [0.2, 0.25) is 0 Å². The zero-order valence-corrected chi connectivity index (χ0v) is 28.1. The molecule has 1 saturated heterocycles. The van der Waals surface area contributed by atoms with E-state index in [1.807, 2.05) is 60.7 Å². The zero-order chi connectivity index (χ0) is 32.8. The van der Waals surface area contributed by atoms with Gasteiger partial charge in [0.15, 0.2) is 10.8 Å². The minimum absolute atomic E-state index is 0. The van der Waals surface area contributed by atoms with E-state index in [-0.39, 0.29) is 52.5 Å². The van der Waals surface area contributed by atoms with Gasteiger partial charge in [-0.1, -0.05) is 65.8 Å². The van der Waals surface area contributed by atoms with Crippen LogP contribution in [0.4, 0.5) is 9.93 Å². The molecule has 0 radical (unpaired) electrons. The van der Waals surface area contributed by atoms with Crippen molar-refractivity contribution in [1.82, 2.24) is 14.6 Å². The van der Waals surface area contributed by atoms with Crippen molar-refractivity contribution in [2.24, 2.45) is 10.9 Å². The molecule has 3 unspecified atom stereocenters. The molecule has 3 atom stereocenters. The zero-order valence-electron chi connectivity index (χ0n) is 25.5. The summed E-state index contributed by atoms with van der Waals surface area (Å²) in [4.78, 5) is 58.6. The van der Waals surface area contributed by atoms with Crippen LogP contribution < -0.4 is 46.3 Å². The van der Waals surface area contributed by atoms with Crippen LogP contribution >= 0.6 is 11.3 Å². The first-order valence-electron chi connectivity index (χ1n) is 13.1. The largest absolute Gasteiger partial charge is 1.00 e. The van der Waals surface area contributed by atoms with Crippen LogP contribution in [0, 0.1) is 0 Å². The maximum absolute atomic E-state index is 13.5. The Morgan fingerprint density at radius 3 is 2.26 bits per heavy atom. The van der Waals surface area contributed by atoms with Crippen molar-refractivity contribution >= 4 is 56.7 Å². The molecule has 3 aromatic rings.